The Bertz CT molecular complexity index is 1210. The number of rotatable bonds is 4. The monoisotopic (exact) mass is 405 g/mol. The van der Waals surface area contributed by atoms with E-state index in [1.54, 1.807) is 19.1 Å². The minimum atomic E-state index is -0.440. The van der Waals surface area contributed by atoms with E-state index in [4.69, 9.17) is 5.73 Å². The number of nitrogens with zero attached hydrogens (tertiary/aromatic N) is 3. The summed E-state index contributed by atoms with van der Waals surface area (Å²) >= 11 is 0. The molecular weight excluding hydrogens is 381 g/mol. The SMILES string of the molecule is C=C(C)C(=O)Nc1ccc(-c2c(C3=CCCCC3)c3c(N)ncnc3n2C)c(F)c1. The van der Waals surface area contributed by atoms with Gasteiger partial charge in [0.15, 0.2) is 0 Å². The summed E-state index contributed by atoms with van der Waals surface area (Å²) in [6.45, 7) is 5.21. The van der Waals surface area contributed by atoms with Crippen LogP contribution in [0.5, 0.6) is 0 Å². The van der Waals surface area contributed by atoms with Gasteiger partial charge in [-0.15, -0.1) is 0 Å². The van der Waals surface area contributed by atoms with Crippen LogP contribution in [-0.2, 0) is 11.8 Å². The Morgan fingerprint density at radius 1 is 1.30 bits per heavy atom. The van der Waals surface area contributed by atoms with E-state index in [0.29, 0.717) is 34.0 Å². The second-order valence-electron chi connectivity index (χ2n) is 7.64. The molecule has 1 amide bonds. The number of allylic oxidation sites excluding steroid dienone is 2. The quantitative estimate of drug-likeness (QED) is 0.609. The van der Waals surface area contributed by atoms with E-state index in [1.807, 2.05) is 11.6 Å². The Morgan fingerprint density at radius 2 is 2.10 bits per heavy atom. The van der Waals surface area contributed by atoms with Crippen molar-refractivity contribution in [1.82, 2.24) is 14.5 Å². The molecule has 6 nitrogen and oxygen atoms in total. The Morgan fingerprint density at radius 3 is 2.77 bits per heavy atom. The maximum absolute atomic E-state index is 15.3. The molecule has 1 aliphatic rings. The zero-order valence-corrected chi connectivity index (χ0v) is 17.1. The number of amides is 1. The second-order valence-corrected chi connectivity index (χ2v) is 7.64. The number of nitrogen functional groups attached to an aromatic ring is 1. The summed E-state index contributed by atoms with van der Waals surface area (Å²) in [6.07, 6.45) is 7.72. The van der Waals surface area contributed by atoms with E-state index in [9.17, 15) is 4.79 Å². The maximum Gasteiger partial charge on any atom is 0.250 e. The molecule has 7 heteroatoms. The molecule has 0 radical (unpaired) electrons. The summed E-state index contributed by atoms with van der Waals surface area (Å²) in [5.74, 6) is -0.401. The van der Waals surface area contributed by atoms with Gasteiger partial charge >= 0.3 is 0 Å². The molecule has 3 N–H and O–H groups in total. The van der Waals surface area contributed by atoms with Crippen molar-refractivity contribution in [3.63, 3.8) is 0 Å². The smallest absolute Gasteiger partial charge is 0.250 e. The molecule has 3 aromatic rings. The molecule has 0 saturated heterocycles. The number of fused-ring (bicyclic) bond motifs is 1. The third kappa shape index (κ3) is 3.36. The van der Waals surface area contributed by atoms with Gasteiger partial charge in [-0.05, 0) is 56.4 Å². The molecule has 1 aliphatic carbocycles. The number of benzene rings is 1. The van der Waals surface area contributed by atoms with Gasteiger partial charge in [-0.25, -0.2) is 14.4 Å². The van der Waals surface area contributed by atoms with Gasteiger partial charge < -0.3 is 15.6 Å². The fourth-order valence-corrected chi connectivity index (χ4v) is 3.99. The van der Waals surface area contributed by atoms with Gasteiger partial charge in [-0.1, -0.05) is 12.7 Å². The van der Waals surface area contributed by atoms with Gasteiger partial charge in [0.25, 0.3) is 5.91 Å². The van der Waals surface area contributed by atoms with Crippen molar-refractivity contribution in [3.8, 4) is 11.3 Å². The Hall–Kier alpha value is -3.48. The zero-order valence-electron chi connectivity index (χ0n) is 17.1. The van der Waals surface area contributed by atoms with Crippen LogP contribution in [0.4, 0.5) is 15.9 Å². The summed E-state index contributed by atoms with van der Waals surface area (Å²) in [5.41, 5.74) is 10.8. The molecule has 0 fully saturated rings. The second kappa shape index (κ2) is 7.74. The molecule has 1 aromatic carbocycles. The Balaban J connectivity index is 1.92. The van der Waals surface area contributed by atoms with Crippen LogP contribution in [0.1, 0.15) is 38.2 Å². The van der Waals surface area contributed by atoms with Gasteiger partial charge in [-0.2, -0.15) is 0 Å². The van der Waals surface area contributed by atoms with Crippen molar-refractivity contribution in [2.45, 2.75) is 32.6 Å². The summed E-state index contributed by atoms with van der Waals surface area (Å²) < 4.78 is 17.1. The van der Waals surface area contributed by atoms with Crippen molar-refractivity contribution in [1.29, 1.82) is 0 Å². The van der Waals surface area contributed by atoms with Crippen LogP contribution in [0.15, 0.2) is 42.8 Å². The van der Waals surface area contributed by atoms with E-state index in [2.05, 4.69) is 27.9 Å². The van der Waals surface area contributed by atoms with E-state index < -0.39 is 5.82 Å². The van der Waals surface area contributed by atoms with Gasteiger partial charge in [0.1, 0.15) is 23.6 Å². The van der Waals surface area contributed by atoms with Crippen molar-refractivity contribution in [2.75, 3.05) is 11.1 Å². The molecule has 2 heterocycles. The van der Waals surface area contributed by atoms with Crippen LogP contribution in [0, 0.1) is 5.82 Å². The van der Waals surface area contributed by atoms with Gasteiger partial charge in [-0.3, -0.25) is 4.79 Å². The fourth-order valence-electron chi connectivity index (χ4n) is 3.99. The summed E-state index contributed by atoms with van der Waals surface area (Å²) in [4.78, 5) is 20.5. The lowest BCUT2D eigenvalue weighted by molar-refractivity contribution is -0.112. The number of hydrogen-bond donors (Lipinski definition) is 2. The van der Waals surface area contributed by atoms with Crippen LogP contribution in [-0.4, -0.2) is 20.4 Å². The topological polar surface area (TPSA) is 85.8 Å². The van der Waals surface area contributed by atoms with Crippen molar-refractivity contribution in [3.05, 3.63) is 54.1 Å². The highest BCUT2D eigenvalue weighted by Gasteiger charge is 2.25. The minimum absolute atomic E-state index is 0.345. The first-order valence-electron chi connectivity index (χ1n) is 9.93. The number of aromatic nitrogens is 3. The summed E-state index contributed by atoms with van der Waals surface area (Å²) in [7, 11) is 1.85. The van der Waals surface area contributed by atoms with Gasteiger partial charge in [0.05, 0.1) is 11.1 Å². The van der Waals surface area contributed by atoms with Gasteiger partial charge in [0, 0.05) is 29.4 Å². The molecule has 0 spiro atoms. The zero-order chi connectivity index (χ0) is 21.4. The maximum atomic E-state index is 15.3. The first-order chi connectivity index (χ1) is 14.4. The largest absolute Gasteiger partial charge is 0.383 e. The van der Waals surface area contributed by atoms with E-state index in [1.165, 1.54) is 12.4 Å². The Kier molecular flexibility index (Phi) is 5.11. The number of carbonyl (C=O) groups excluding carboxylic acids is 1. The van der Waals surface area contributed by atoms with Gasteiger partial charge in [0.2, 0.25) is 0 Å². The van der Waals surface area contributed by atoms with Crippen molar-refractivity contribution < 1.29 is 9.18 Å². The Labute approximate surface area is 174 Å². The van der Waals surface area contributed by atoms with Crippen LogP contribution in [0.25, 0.3) is 27.9 Å². The third-order valence-electron chi connectivity index (χ3n) is 5.48. The van der Waals surface area contributed by atoms with Crippen LogP contribution >= 0.6 is 0 Å². The number of nitrogens with one attached hydrogen (secondary N) is 1. The van der Waals surface area contributed by atoms with Crippen molar-refractivity contribution in [2.24, 2.45) is 7.05 Å². The number of halogens is 1. The lowest BCUT2D eigenvalue weighted by Gasteiger charge is -2.16. The molecule has 0 bridgehead atoms. The molecule has 4 rings (SSSR count). The van der Waals surface area contributed by atoms with Crippen LogP contribution < -0.4 is 11.1 Å². The minimum Gasteiger partial charge on any atom is -0.383 e. The lowest BCUT2D eigenvalue weighted by Crippen LogP contribution is -2.12. The summed E-state index contributed by atoms with van der Waals surface area (Å²) in [5, 5.41) is 3.40. The van der Waals surface area contributed by atoms with Crippen molar-refractivity contribution >= 4 is 34.0 Å². The molecule has 0 unspecified atom stereocenters. The van der Waals surface area contributed by atoms with Crippen LogP contribution in [0.3, 0.4) is 0 Å². The molecule has 0 atom stereocenters. The fraction of sp³-hybridized carbons (Fsp3) is 0.261. The molecule has 2 aromatic heterocycles. The molecular formula is C23H24FN5O. The van der Waals surface area contributed by atoms with E-state index in [0.717, 1.165) is 42.2 Å². The van der Waals surface area contributed by atoms with E-state index in [-0.39, 0.29) is 5.91 Å². The molecule has 30 heavy (non-hydrogen) atoms. The highest BCUT2D eigenvalue weighted by atomic mass is 19.1. The standard InChI is InChI=1S/C23H24FN5O/c1-13(2)23(30)28-15-9-10-16(17(24)11-15)20-18(14-7-5-4-6-8-14)19-21(25)26-12-27-22(19)29(20)3/h7,9-12H,1,4-6,8H2,2-3H3,(H,28,30)(H2,25,26,27). The third-order valence-corrected chi connectivity index (χ3v) is 5.48. The average Bonchev–Trinajstić information content (AvgIpc) is 3.02. The predicted octanol–water partition coefficient (Wildman–Crippen LogP) is 4.83. The first-order valence-corrected chi connectivity index (χ1v) is 9.93. The lowest BCUT2D eigenvalue weighted by atomic mass is 9.90. The van der Waals surface area contributed by atoms with Crippen LogP contribution in [0.2, 0.25) is 0 Å². The highest BCUT2D eigenvalue weighted by Crippen LogP contribution is 2.42. The molecule has 0 saturated carbocycles. The number of aryl methyl sites for hydroxylation is 1. The normalized spacial score (nSPS) is 13.9. The number of nitrogens with two attached hydrogens (primary N) is 1. The highest BCUT2D eigenvalue weighted by molar-refractivity contribution is 6.05. The number of hydrogen-bond acceptors (Lipinski definition) is 4. The van der Waals surface area contributed by atoms with E-state index >= 15 is 4.39 Å². The average molecular weight is 405 g/mol. The summed E-state index contributed by atoms with van der Waals surface area (Å²) in [6, 6.07) is 4.68. The molecule has 154 valence electrons. The predicted molar refractivity (Wildman–Crippen MR) is 118 cm³/mol. The number of anilines is 2. The molecule has 0 aliphatic heterocycles. The number of carbonyl (C=O) groups is 1. The first kappa shape index (κ1) is 19.8.